The highest BCUT2D eigenvalue weighted by atomic mass is 16.4. The van der Waals surface area contributed by atoms with Gasteiger partial charge in [0.2, 0.25) is 0 Å². The van der Waals surface area contributed by atoms with Gasteiger partial charge in [0.25, 0.3) is 0 Å². The quantitative estimate of drug-likeness (QED) is 0.566. The molecule has 0 heterocycles. The van der Waals surface area contributed by atoms with Crippen molar-refractivity contribution in [3.05, 3.63) is 38.0 Å². The lowest BCUT2D eigenvalue weighted by molar-refractivity contribution is -0.132. The summed E-state index contributed by atoms with van der Waals surface area (Å²) in [6, 6.07) is 0. The second-order valence-corrected chi connectivity index (χ2v) is 2.35. The molecular weight excluding hydrogens is 256 g/mol. The largest absolute Gasteiger partial charge is 0.478 e. The monoisotopic (exact) mass is 276 g/mol. The van der Waals surface area contributed by atoms with E-state index in [2.05, 4.69) is 19.7 Å². The number of carboxylic acid groups (broad SMARTS) is 3. The van der Waals surface area contributed by atoms with Gasteiger partial charge in [-0.15, -0.1) is 0 Å². The first kappa shape index (κ1) is 25.4. The van der Waals surface area contributed by atoms with E-state index in [1.165, 1.54) is 0 Å². The summed E-state index contributed by atoms with van der Waals surface area (Å²) < 4.78 is 0. The van der Waals surface area contributed by atoms with Gasteiger partial charge < -0.3 is 20.4 Å². The minimum Gasteiger partial charge on any atom is -0.478 e. The van der Waals surface area contributed by atoms with E-state index < -0.39 is 17.9 Å². The maximum atomic E-state index is 9.25. The molecule has 0 aromatic rings. The topological polar surface area (TPSA) is 132 Å². The molecule has 19 heavy (non-hydrogen) atoms. The van der Waals surface area contributed by atoms with Crippen molar-refractivity contribution in [2.24, 2.45) is 0 Å². The number of rotatable bonds is 4. The Balaban J connectivity index is -0.0000000793. The Labute approximate surface area is 111 Å². The molecular formula is C12H20O7. The number of carboxylic acids is 3. The van der Waals surface area contributed by atoms with E-state index in [9.17, 15) is 14.4 Å². The van der Waals surface area contributed by atoms with Crippen molar-refractivity contribution in [3.63, 3.8) is 0 Å². The summed E-state index contributed by atoms with van der Waals surface area (Å²) in [5, 5.41) is 30.7. The predicted octanol–water partition coefficient (Wildman–Crippen LogP) is 1.16. The number of carbonyl (C=O) groups is 3. The predicted molar refractivity (Wildman–Crippen MR) is 70.9 cm³/mol. The summed E-state index contributed by atoms with van der Waals surface area (Å²) in [7, 11) is 0. The van der Waals surface area contributed by atoms with Gasteiger partial charge in [-0.05, 0) is 6.42 Å². The Morgan fingerprint density at radius 2 is 0.947 bits per heavy atom. The highest BCUT2D eigenvalue weighted by molar-refractivity contribution is 5.79. The van der Waals surface area contributed by atoms with Crippen LogP contribution in [0.15, 0.2) is 38.0 Å². The number of aliphatic carboxylic acids is 3. The molecule has 0 saturated carbocycles. The highest BCUT2D eigenvalue weighted by Gasteiger charge is 1.74. The molecule has 0 amide bonds. The number of aliphatic hydroxyl groups excluding tert-OH is 1. The second kappa shape index (κ2) is 24.7. The molecule has 0 fully saturated rings. The van der Waals surface area contributed by atoms with Gasteiger partial charge in [-0.25, -0.2) is 14.4 Å². The minimum atomic E-state index is -0.981. The lowest BCUT2D eigenvalue weighted by atomic mass is 10.5. The molecule has 110 valence electrons. The Bertz CT molecular complexity index is 237. The molecule has 0 atom stereocenters. The first-order valence-electron chi connectivity index (χ1n) is 4.90. The third-order valence-corrected chi connectivity index (χ3v) is 0.747. The lowest BCUT2D eigenvalue weighted by Gasteiger charge is -1.69. The molecule has 0 spiro atoms. The van der Waals surface area contributed by atoms with Crippen LogP contribution in [0.5, 0.6) is 0 Å². The molecule has 0 aliphatic carbocycles. The molecule has 0 radical (unpaired) electrons. The molecule has 4 N–H and O–H groups in total. The summed E-state index contributed by atoms with van der Waals surface area (Å²) >= 11 is 0. The summed E-state index contributed by atoms with van der Waals surface area (Å²) in [5.41, 5.74) is 0. The van der Waals surface area contributed by atoms with Crippen molar-refractivity contribution in [2.45, 2.75) is 13.3 Å². The van der Waals surface area contributed by atoms with Crippen LogP contribution in [0, 0.1) is 0 Å². The Morgan fingerprint density at radius 1 is 0.842 bits per heavy atom. The van der Waals surface area contributed by atoms with Crippen LogP contribution in [0.2, 0.25) is 0 Å². The second-order valence-electron chi connectivity index (χ2n) is 2.35. The van der Waals surface area contributed by atoms with Crippen LogP contribution in [0.3, 0.4) is 0 Å². The summed E-state index contributed by atoms with van der Waals surface area (Å²) in [4.78, 5) is 27.8. The third kappa shape index (κ3) is 137. The van der Waals surface area contributed by atoms with Crippen molar-refractivity contribution in [2.75, 3.05) is 6.61 Å². The zero-order valence-corrected chi connectivity index (χ0v) is 10.8. The SMILES string of the molecule is C=CC(=O)O.C=CC(=O)O.C=CC(=O)O.CCCO. The van der Waals surface area contributed by atoms with Gasteiger partial charge in [0, 0.05) is 24.8 Å². The zero-order valence-electron chi connectivity index (χ0n) is 10.8. The zero-order chi connectivity index (χ0) is 16.3. The van der Waals surface area contributed by atoms with Gasteiger partial charge in [0.05, 0.1) is 0 Å². The third-order valence-electron chi connectivity index (χ3n) is 0.747. The van der Waals surface area contributed by atoms with Crippen LogP contribution in [-0.4, -0.2) is 44.9 Å². The molecule has 0 aromatic carbocycles. The van der Waals surface area contributed by atoms with Crippen molar-refractivity contribution in [1.29, 1.82) is 0 Å². The van der Waals surface area contributed by atoms with Gasteiger partial charge in [-0.2, -0.15) is 0 Å². The average Bonchev–Trinajstić information content (AvgIpc) is 2.40. The van der Waals surface area contributed by atoms with Crippen molar-refractivity contribution in [1.82, 2.24) is 0 Å². The van der Waals surface area contributed by atoms with Crippen LogP contribution < -0.4 is 0 Å². The molecule has 7 nitrogen and oxygen atoms in total. The number of hydrogen-bond acceptors (Lipinski definition) is 4. The molecule has 0 aliphatic rings. The van der Waals surface area contributed by atoms with E-state index in [0.29, 0.717) is 6.61 Å². The molecule has 0 rings (SSSR count). The lowest BCUT2D eigenvalue weighted by Crippen LogP contribution is -1.82. The average molecular weight is 276 g/mol. The van der Waals surface area contributed by atoms with E-state index in [-0.39, 0.29) is 0 Å². The molecule has 0 aliphatic heterocycles. The van der Waals surface area contributed by atoms with E-state index >= 15 is 0 Å². The van der Waals surface area contributed by atoms with Gasteiger partial charge in [-0.3, -0.25) is 0 Å². The molecule has 0 saturated heterocycles. The normalized spacial score (nSPS) is 6.63. The summed E-state index contributed by atoms with van der Waals surface area (Å²) in [5.74, 6) is -2.94. The van der Waals surface area contributed by atoms with Gasteiger partial charge >= 0.3 is 17.9 Å². The molecule has 0 bridgehead atoms. The Morgan fingerprint density at radius 3 is 0.947 bits per heavy atom. The van der Waals surface area contributed by atoms with Crippen molar-refractivity contribution >= 4 is 17.9 Å². The van der Waals surface area contributed by atoms with E-state index in [1.807, 2.05) is 6.92 Å². The van der Waals surface area contributed by atoms with E-state index in [4.69, 9.17) is 20.4 Å². The van der Waals surface area contributed by atoms with Crippen LogP contribution in [0.25, 0.3) is 0 Å². The van der Waals surface area contributed by atoms with E-state index in [0.717, 1.165) is 24.6 Å². The maximum absolute atomic E-state index is 9.25. The van der Waals surface area contributed by atoms with Crippen molar-refractivity contribution < 1.29 is 34.8 Å². The molecule has 0 unspecified atom stereocenters. The van der Waals surface area contributed by atoms with Crippen LogP contribution in [0.1, 0.15) is 13.3 Å². The molecule has 0 aromatic heterocycles. The minimum absolute atomic E-state index is 0.319. The van der Waals surface area contributed by atoms with E-state index in [1.54, 1.807) is 0 Å². The first-order valence-corrected chi connectivity index (χ1v) is 4.90. The van der Waals surface area contributed by atoms with Crippen LogP contribution >= 0.6 is 0 Å². The smallest absolute Gasteiger partial charge is 0.327 e. The fourth-order valence-corrected chi connectivity index (χ4v) is 0. The Kier molecular flexibility index (Phi) is 33.1. The maximum Gasteiger partial charge on any atom is 0.327 e. The molecule has 7 heteroatoms. The first-order chi connectivity index (χ1) is 8.72. The van der Waals surface area contributed by atoms with Gasteiger partial charge in [0.1, 0.15) is 0 Å². The summed E-state index contributed by atoms with van der Waals surface area (Å²) in [6.07, 6.45) is 3.38. The highest BCUT2D eigenvalue weighted by Crippen LogP contribution is 1.61. The van der Waals surface area contributed by atoms with Crippen molar-refractivity contribution in [3.8, 4) is 0 Å². The standard InChI is InChI=1S/3C3H4O2.C3H8O/c3*1-2-3(4)5;1-2-3-4/h3*2H,1H2,(H,4,5);4H,2-3H2,1H3. The fourth-order valence-electron chi connectivity index (χ4n) is 0. The summed E-state index contributed by atoms with van der Waals surface area (Å²) in [6.45, 7) is 11.1. The van der Waals surface area contributed by atoms with Gasteiger partial charge in [0.15, 0.2) is 0 Å². The number of hydrogen-bond donors (Lipinski definition) is 4. The van der Waals surface area contributed by atoms with Gasteiger partial charge in [-0.1, -0.05) is 26.7 Å². The Hall–Kier alpha value is -2.41. The van der Waals surface area contributed by atoms with Crippen LogP contribution in [0.4, 0.5) is 0 Å². The van der Waals surface area contributed by atoms with Crippen LogP contribution in [-0.2, 0) is 14.4 Å². The fraction of sp³-hybridized carbons (Fsp3) is 0.250. The number of aliphatic hydroxyl groups is 1.